The Hall–Kier alpha value is -3.26. The van der Waals surface area contributed by atoms with Crippen molar-refractivity contribution in [1.82, 2.24) is 19.4 Å². The van der Waals surface area contributed by atoms with Gasteiger partial charge < -0.3 is 14.4 Å². The van der Waals surface area contributed by atoms with Gasteiger partial charge in [-0.05, 0) is 65.3 Å². The van der Waals surface area contributed by atoms with Crippen molar-refractivity contribution in [3.8, 4) is 0 Å². The summed E-state index contributed by atoms with van der Waals surface area (Å²) in [6.45, 7) is 2.94. The summed E-state index contributed by atoms with van der Waals surface area (Å²) >= 11 is 1.62. The summed E-state index contributed by atoms with van der Waals surface area (Å²) in [6, 6.07) is 9.55. The van der Waals surface area contributed by atoms with Crippen LogP contribution in [0.15, 0.2) is 52.0 Å². The van der Waals surface area contributed by atoms with Crippen molar-refractivity contribution in [2.75, 3.05) is 26.2 Å². The maximum atomic E-state index is 13.0. The van der Waals surface area contributed by atoms with Crippen LogP contribution in [0.3, 0.4) is 0 Å². The van der Waals surface area contributed by atoms with Crippen molar-refractivity contribution in [2.24, 2.45) is 12.5 Å². The minimum Gasteiger partial charge on any atom is -0.342 e. The number of hydrogen-bond donors (Lipinski definition) is 0. The van der Waals surface area contributed by atoms with E-state index in [4.69, 9.17) is 0 Å². The molecule has 0 aliphatic carbocycles. The summed E-state index contributed by atoms with van der Waals surface area (Å²) in [5.74, 6) is 0.137. The second kappa shape index (κ2) is 9.77. The average Bonchev–Trinajstić information content (AvgIpc) is 3.55. The summed E-state index contributed by atoms with van der Waals surface area (Å²) in [4.78, 5) is 46.6. The van der Waals surface area contributed by atoms with Gasteiger partial charge in [-0.15, -0.1) is 0 Å². The SMILES string of the molecule is Cn1c(=O)c(CCC(=O)N2CCC3(CCN(C(=O)/C=C/c4ccsc4)CC3)C2)nc2ccccc21. The Bertz CT molecular complexity index is 1320. The number of fused-ring (bicyclic) bond motifs is 1. The van der Waals surface area contributed by atoms with E-state index in [2.05, 4.69) is 4.98 Å². The number of rotatable bonds is 5. The van der Waals surface area contributed by atoms with Gasteiger partial charge in [-0.2, -0.15) is 11.3 Å². The minimum absolute atomic E-state index is 0.0569. The third-order valence-corrected chi connectivity index (χ3v) is 8.22. The van der Waals surface area contributed by atoms with E-state index in [1.54, 1.807) is 29.0 Å². The normalized spacial score (nSPS) is 17.6. The van der Waals surface area contributed by atoms with Crippen LogP contribution in [0.4, 0.5) is 0 Å². The molecule has 2 aliphatic rings. The fraction of sp³-hybridized carbons (Fsp3) is 0.407. The molecule has 8 heteroatoms. The Kier molecular flexibility index (Phi) is 6.56. The summed E-state index contributed by atoms with van der Waals surface area (Å²) in [7, 11) is 1.75. The molecule has 35 heavy (non-hydrogen) atoms. The van der Waals surface area contributed by atoms with Gasteiger partial charge in [0.15, 0.2) is 0 Å². The van der Waals surface area contributed by atoms with Crippen molar-refractivity contribution in [3.63, 3.8) is 0 Å². The number of likely N-dealkylation sites (tertiary alicyclic amines) is 2. The lowest BCUT2D eigenvalue weighted by Crippen LogP contribution is -2.44. The number of carbonyl (C=O) groups is 2. The lowest BCUT2D eigenvalue weighted by molar-refractivity contribution is -0.132. The number of amides is 2. The smallest absolute Gasteiger partial charge is 0.272 e. The van der Waals surface area contributed by atoms with Gasteiger partial charge in [0.1, 0.15) is 5.69 Å². The fourth-order valence-corrected chi connectivity index (χ4v) is 5.91. The molecule has 2 aliphatic heterocycles. The van der Waals surface area contributed by atoms with Crippen molar-refractivity contribution < 1.29 is 9.59 Å². The first-order chi connectivity index (χ1) is 16.9. The van der Waals surface area contributed by atoms with E-state index in [1.165, 1.54) is 0 Å². The summed E-state index contributed by atoms with van der Waals surface area (Å²) in [5.41, 5.74) is 3.01. The maximum absolute atomic E-state index is 13.0. The molecule has 0 N–H and O–H groups in total. The van der Waals surface area contributed by atoms with Gasteiger partial charge in [0.2, 0.25) is 11.8 Å². The molecule has 0 bridgehead atoms. The predicted molar refractivity (Wildman–Crippen MR) is 138 cm³/mol. The molecule has 0 atom stereocenters. The molecule has 2 fully saturated rings. The van der Waals surface area contributed by atoms with Gasteiger partial charge in [-0.3, -0.25) is 14.4 Å². The third kappa shape index (κ3) is 4.93. The number of benzene rings is 1. The van der Waals surface area contributed by atoms with E-state index in [0.29, 0.717) is 12.1 Å². The van der Waals surface area contributed by atoms with E-state index in [-0.39, 0.29) is 29.2 Å². The number of nitrogens with zero attached hydrogens (tertiary/aromatic N) is 4. The molecular formula is C27H30N4O3S. The van der Waals surface area contributed by atoms with Gasteiger partial charge >= 0.3 is 0 Å². The van der Waals surface area contributed by atoms with E-state index in [9.17, 15) is 14.4 Å². The summed E-state index contributed by atoms with van der Waals surface area (Å²) in [5, 5.41) is 4.02. The number of aromatic nitrogens is 2. The maximum Gasteiger partial charge on any atom is 0.272 e. The van der Waals surface area contributed by atoms with Crippen LogP contribution in [-0.2, 0) is 23.1 Å². The first kappa shape index (κ1) is 23.5. The Morgan fingerprint density at radius 3 is 2.57 bits per heavy atom. The van der Waals surface area contributed by atoms with Crippen LogP contribution in [0.2, 0.25) is 0 Å². The van der Waals surface area contributed by atoms with E-state index in [0.717, 1.165) is 62.0 Å². The number of hydrogen-bond acceptors (Lipinski definition) is 5. The summed E-state index contributed by atoms with van der Waals surface area (Å²) in [6.07, 6.45) is 6.98. The molecule has 2 saturated heterocycles. The topological polar surface area (TPSA) is 75.5 Å². The van der Waals surface area contributed by atoms with Gasteiger partial charge in [0, 0.05) is 52.1 Å². The van der Waals surface area contributed by atoms with Crippen molar-refractivity contribution in [1.29, 1.82) is 0 Å². The molecule has 7 nitrogen and oxygen atoms in total. The van der Waals surface area contributed by atoms with E-state index in [1.807, 2.05) is 57.0 Å². The molecule has 4 heterocycles. The van der Waals surface area contributed by atoms with Crippen LogP contribution in [0.1, 0.15) is 36.9 Å². The van der Waals surface area contributed by atoms with Crippen LogP contribution in [0, 0.1) is 5.41 Å². The molecule has 2 aromatic heterocycles. The molecule has 1 aromatic carbocycles. The monoisotopic (exact) mass is 490 g/mol. The lowest BCUT2D eigenvalue weighted by Gasteiger charge is -2.39. The summed E-state index contributed by atoms with van der Waals surface area (Å²) < 4.78 is 1.61. The van der Waals surface area contributed by atoms with Crippen LogP contribution >= 0.6 is 11.3 Å². The van der Waals surface area contributed by atoms with Crippen molar-refractivity contribution >= 4 is 40.3 Å². The van der Waals surface area contributed by atoms with Crippen molar-refractivity contribution in [3.05, 3.63) is 68.8 Å². The highest BCUT2D eigenvalue weighted by Crippen LogP contribution is 2.40. The van der Waals surface area contributed by atoms with Crippen LogP contribution in [0.5, 0.6) is 0 Å². The van der Waals surface area contributed by atoms with Gasteiger partial charge in [0.05, 0.1) is 11.0 Å². The zero-order chi connectivity index (χ0) is 24.4. The van der Waals surface area contributed by atoms with Gasteiger partial charge in [-0.1, -0.05) is 12.1 Å². The van der Waals surface area contributed by atoms with E-state index >= 15 is 0 Å². The molecule has 5 rings (SSSR count). The second-order valence-corrected chi connectivity index (χ2v) is 10.5. The molecule has 182 valence electrons. The van der Waals surface area contributed by atoms with Crippen molar-refractivity contribution in [2.45, 2.75) is 32.1 Å². The molecule has 2 amide bonds. The molecule has 0 radical (unpaired) electrons. The van der Waals surface area contributed by atoms with Crippen LogP contribution < -0.4 is 5.56 Å². The number of thiophene rings is 1. The fourth-order valence-electron chi connectivity index (χ4n) is 5.29. The molecule has 1 spiro atoms. The Morgan fingerprint density at radius 1 is 1.09 bits per heavy atom. The molecular weight excluding hydrogens is 460 g/mol. The number of aryl methyl sites for hydroxylation is 2. The van der Waals surface area contributed by atoms with Gasteiger partial charge in [-0.25, -0.2) is 4.98 Å². The third-order valence-electron chi connectivity index (χ3n) is 7.51. The second-order valence-electron chi connectivity index (χ2n) is 9.69. The number of piperidine rings is 1. The highest BCUT2D eigenvalue weighted by atomic mass is 32.1. The first-order valence-electron chi connectivity index (χ1n) is 12.2. The highest BCUT2D eigenvalue weighted by molar-refractivity contribution is 7.08. The zero-order valence-corrected chi connectivity index (χ0v) is 20.8. The average molecular weight is 491 g/mol. The standard InChI is InChI=1S/C27H30N4O3S/c1-29-23-5-3-2-4-21(23)28-22(26(29)34)7-9-25(33)31-16-13-27(19-31)11-14-30(15-12-27)24(32)8-6-20-10-17-35-18-20/h2-6,8,10,17-18H,7,9,11-16,19H2,1H3/b8-6+. The number of carbonyl (C=O) groups excluding carboxylic acids is 2. The Labute approximate surface area is 208 Å². The first-order valence-corrected chi connectivity index (χ1v) is 13.1. The van der Waals surface area contributed by atoms with Crippen LogP contribution in [-0.4, -0.2) is 57.3 Å². The number of para-hydroxylation sites is 2. The van der Waals surface area contributed by atoms with Gasteiger partial charge in [0.25, 0.3) is 5.56 Å². The zero-order valence-electron chi connectivity index (χ0n) is 20.0. The highest BCUT2D eigenvalue weighted by Gasteiger charge is 2.42. The molecule has 3 aromatic rings. The van der Waals surface area contributed by atoms with Crippen LogP contribution in [0.25, 0.3) is 17.1 Å². The predicted octanol–water partition coefficient (Wildman–Crippen LogP) is 3.48. The quantitative estimate of drug-likeness (QED) is 0.513. The Morgan fingerprint density at radius 2 is 1.83 bits per heavy atom. The lowest BCUT2D eigenvalue weighted by atomic mass is 9.78. The van der Waals surface area contributed by atoms with E-state index < -0.39 is 0 Å². The minimum atomic E-state index is -0.139. The Balaban J connectivity index is 1.15. The largest absolute Gasteiger partial charge is 0.342 e. The molecule has 0 unspecified atom stereocenters. The molecule has 0 saturated carbocycles.